The zero-order valence-corrected chi connectivity index (χ0v) is 12.5. The standard InChI is InChI=1S/C19H13ClN2/c20-18-6-2-1-5-17(18)14-7-8-19-15(12-14)9-11-22(19)16-4-3-10-21-13-16/h1-13H. The van der Waals surface area contributed by atoms with Gasteiger partial charge >= 0.3 is 0 Å². The molecule has 2 aromatic carbocycles. The van der Waals surface area contributed by atoms with Gasteiger partial charge in [-0.25, -0.2) is 0 Å². The van der Waals surface area contributed by atoms with Crippen molar-refractivity contribution in [2.45, 2.75) is 0 Å². The summed E-state index contributed by atoms with van der Waals surface area (Å²) in [5.41, 5.74) is 4.40. The Hall–Kier alpha value is -2.58. The maximum absolute atomic E-state index is 6.30. The van der Waals surface area contributed by atoms with Crippen molar-refractivity contribution in [1.29, 1.82) is 0 Å². The van der Waals surface area contributed by atoms with Crippen molar-refractivity contribution >= 4 is 22.5 Å². The van der Waals surface area contributed by atoms with Crippen molar-refractivity contribution in [1.82, 2.24) is 9.55 Å². The third-order valence-electron chi connectivity index (χ3n) is 3.80. The van der Waals surface area contributed by atoms with Gasteiger partial charge in [0.1, 0.15) is 0 Å². The molecule has 0 aliphatic heterocycles. The molecule has 0 atom stereocenters. The fourth-order valence-corrected chi connectivity index (χ4v) is 2.97. The van der Waals surface area contributed by atoms with E-state index in [1.807, 2.05) is 36.5 Å². The molecule has 0 saturated heterocycles. The highest BCUT2D eigenvalue weighted by atomic mass is 35.5. The van der Waals surface area contributed by atoms with E-state index in [0.29, 0.717) is 0 Å². The number of fused-ring (bicyclic) bond motifs is 1. The summed E-state index contributed by atoms with van der Waals surface area (Å²) in [6.07, 6.45) is 5.71. The molecular formula is C19H13ClN2. The molecule has 0 radical (unpaired) electrons. The maximum Gasteiger partial charge on any atom is 0.0639 e. The maximum atomic E-state index is 6.30. The number of rotatable bonds is 2. The van der Waals surface area contributed by atoms with E-state index in [9.17, 15) is 0 Å². The first-order valence-electron chi connectivity index (χ1n) is 7.09. The summed E-state index contributed by atoms with van der Waals surface area (Å²) in [6.45, 7) is 0. The third-order valence-corrected chi connectivity index (χ3v) is 4.13. The second-order valence-electron chi connectivity index (χ2n) is 5.15. The van der Waals surface area contributed by atoms with Gasteiger partial charge in [-0.3, -0.25) is 4.98 Å². The quantitative estimate of drug-likeness (QED) is 0.488. The van der Waals surface area contributed by atoms with Crippen LogP contribution in [0.1, 0.15) is 0 Å². The molecule has 22 heavy (non-hydrogen) atoms. The van der Waals surface area contributed by atoms with Crippen molar-refractivity contribution in [3.63, 3.8) is 0 Å². The molecule has 0 aliphatic rings. The molecular weight excluding hydrogens is 292 g/mol. The van der Waals surface area contributed by atoms with Crippen LogP contribution in [-0.2, 0) is 0 Å². The SMILES string of the molecule is Clc1ccccc1-c1ccc2c(ccn2-c2cccnc2)c1. The van der Waals surface area contributed by atoms with Crippen molar-refractivity contribution in [3.8, 4) is 16.8 Å². The van der Waals surface area contributed by atoms with Crippen LogP contribution in [0.2, 0.25) is 5.02 Å². The summed E-state index contributed by atoms with van der Waals surface area (Å²) in [7, 11) is 0. The summed E-state index contributed by atoms with van der Waals surface area (Å²) in [5.74, 6) is 0. The highest BCUT2D eigenvalue weighted by Gasteiger charge is 2.07. The van der Waals surface area contributed by atoms with Gasteiger partial charge in [0.2, 0.25) is 0 Å². The Labute approximate surface area is 133 Å². The summed E-state index contributed by atoms with van der Waals surface area (Å²) >= 11 is 6.30. The highest BCUT2D eigenvalue weighted by Crippen LogP contribution is 2.31. The minimum Gasteiger partial charge on any atom is -0.315 e. The molecule has 0 amide bonds. The molecule has 0 N–H and O–H groups in total. The average Bonchev–Trinajstić information content (AvgIpc) is 2.99. The monoisotopic (exact) mass is 304 g/mol. The molecule has 4 aromatic rings. The first-order valence-corrected chi connectivity index (χ1v) is 7.47. The minimum atomic E-state index is 0.772. The highest BCUT2D eigenvalue weighted by molar-refractivity contribution is 6.33. The lowest BCUT2D eigenvalue weighted by atomic mass is 10.0. The van der Waals surface area contributed by atoms with Crippen LogP contribution in [0, 0.1) is 0 Å². The van der Waals surface area contributed by atoms with Gasteiger partial charge in [-0.15, -0.1) is 0 Å². The normalized spacial score (nSPS) is 11.0. The molecule has 0 unspecified atom stereocenters. The summed E-state index contributed by atoms with van der Waals surface area (Å²) in [4.78, 5) is 4.19. The van der Waals surface area contributed by atoms with E-state index in [-0.39, 0.29) is 0 Å². The van der Waals surface area contributed by atoms with Gasteiger partial charge in [0.05, 0.1) is 17.4 Å². The molecule has 106 valence electrons. The molecule has 0 fully saturated rings. The molecule has 2 heterocycles. The Morgan fingerprint density at radius 2 is 1.82 bits per heavy atom. The third kappa shape index (κ3) is 2.18. The summed E-state index contributed by atoms with van der Waals surface area (Å²) in [5, 5.41) is 1.95. The van der Waals surface area contributed by atoms with Crippen LogP contribution in [0.25, 0.3) is 27.7 Å². The Morgan fingerprint density at radius 1 is 0.909 bits per heavy atom. The van der Waals surface area contributed by atoms with E-state index in [1.165, 1.54) is 5.39 Å². The first-order chi connectivity index (χ1) is 10.8. The molecule has 2 nitrogen and oxygen atoms in total. The largest absolute Gasteiger partial charge is 0.315 e. The lowest BCUT2D eigenvalue weighted by Gasteiger charge is -2.07. The van der Waals surface area contributed by atoms with Gasteiger partial charge in [0.25, 0.3) is 0 Å². The first kappa shape index (κ1) is 13.1. The van der Waals surface area contributed by atoms with Crippen LogP contribution in [0.4, 0.5) is 0 Å². The van der Waals surface area contributed by atoms with Gasteiger partial charge in [-0.1, -0.05) is 35.9 Å². The van der Waals surface area contributed by atoms with Crippen molar-refractivity contribution in [2.75, 3.05) is 0 Å². The van der Waals surface area contributed by atoms with Gasteiger partial charge in [-0.05, 0) is 42.0 Å². The van der Waals surface area contributed by atoms with E-state index < -0.39 is 0 Å². The number of aromatic nitrogens is 2. The van der Waals surface area contributed by atoms with E-state index in [4.69, 9.17) is 11.6 Å². The lowest BCUT2D eigenvalue weighted by molar-refractivity contribution is 1.10. The second kappa shape index (κ2) is 5.32. The Balaban J connectivity index is 1.86. The average molecular weight is 305 g/mol. The lowest BCUT2D eigenvalue weighted by Crippen LogP contribution is -1.91. The van der Waals surface area contributed by atoms with Crippen LogP contribution < -0.4 is 0 Å². The van der Waals surface area contributed by atoms with Crippen molar-refractivity contribution in [3.05, 3.63) is 84.3 Å². The molecule has 3 heteroatoms. The number of pyridine rings is 1. The Morgan fingerprint density at radius 3 is 2.64 bits per heavy atom. The van der Waals surface area contributed by atoms with E-state index >= 15 is 0 Å². The number of halogens is 1. The van der Waals surface area contributed by atoms with Crippen LogP contribution >= 0.6 is 11.6 Å². The van der Waals surface area contributed by atoms with Crippen LogP contribution in [0.3, 0.4) is 0 Å². The molecule has 0 aliphatic carbocycles. The zero-order valence-electron chi connectivity index (χ0n) is 11.8. The van der Waals surface area contributed by atoms with Gasteiger partial charge in [0.15, 0.2) is 0 Å². The van der Waals surface area contributed by atoms with Crippen molar-refractivity contribution in [2.24, 2.45) is 0 Å². The molecule has 0 spiro atoms. The predicted molar refractivity (Wildman–Crippen MR) is 91.5 cm³/mol. The topological polar surface area (TPSA) is 17.8 Å². The van der Waals surface area contributed by atoms with Crippen LogP contribution in [0.5, 0.6) is 0 Å². The van der Waals surface area contributed by atoms with E-state index in [1.54, 1.807) is 6.20 Å². The Kier molecular flexibility index (Phi) is 3.17. The molecule has 0 bridgehead atoms. The van der Waals surface area contributed by atoms with Crippen molar-refractivity contribution < 1.29 is 0 Å². The fraction of sp³-hybridized carbons (Fsp3) is 0. The number of benzene rings is 2. The number of hydrogen-bond donors (Lipinski definition) is 0. The van der Waals surface area contributed by atoms with Gasteiger partial charge in [0, 0.05) is 28.4 Å². The predicted octanol–water partition coefficient (Wildman–Crippen LogP) is 5.35. The molecule has 2 aromatic heterocycles. The van der Waals surface area contributed by atoms with Gasteiger partial charge < -0.3 is 4.57 Å². The second-order valence-corrected chi connectivity index (χ2v) is 5.56. The Bertz CT molecular complexity index is 942. The minimum absolute atomic E-state index is 0.772. The smallest absolute Gasteiger partial charge is 0.0639 e. The molecule has 0 saturated carbocycles. The fourth-order valence-electron chi connectivity index (χ4n) is 2.73. The van der Waals surface area contributed by atoms with Crippen LogP contribution in [-0.4, -0.2) is 9.55 Å². The van der Waals surface area contributed by atoms with Crippen LogP contribution in [0.15, 0.2) is 79.3 Å². The summed E-state index contributed by atoms with van der Waals surface area (Å²) < 4.78 is 2.14. The summed E-state index contributed by atoms with van der Waals surface area (Å²) in [6, 6.07) is 20.4. The number of hydrogen-bond acceptors (Lipinski definition) is 1. The zero-order chi connectivity index (χ0) is 14.9. The number of nitrogens with zero attached hydrogens (tertiary/aromatic N) is 2. The van der Waals surface area contributed by atoms with E-state index in [0.717, 1.165) is 27.4 Å². The van der Waals surface area contributed by atoms with Gasteiger partial charge in [-0.2, -0.15) is 0 Å². The molecule has 4 rings (SSSR count). The van der Waals surface area contributed by atoms with E-state index in [2.05, 4.69) is 46.1 Å².